The van der Waals surface area contributed by atoms with Crippen LogP contribution in [0.2, 0.25) is 0 Å². The lowest BCUT2D eigenvalue weighted by Gasteiger charge is -2.18. The van der Waals surface area contributed by atoms with Crippen LogP contribution in [0.4, 0.5) is 5.69 Å². The molecule has 0 saturated carbocycles. The van der Waals surface area contributed by atoms with Crippen LogP contribution in [0, 0.1) is 5.92 Å². The van der Waals surface area contributed by atoms with Gasteiger partial charge in [0.05, 0.1) is 0 Å². The van der Waals surface area contributed by atoms with E-state index in [1.165, 1.54) is 17.7 Å². The Morgan fingerprint density at radius 2 is 1.78 bits per heavy atom. The summed E-state index contributed by atoms with van der Waals surface area (Å²) in [4.78, 5) is 0. The normalized spacial score (nSPS) is 13.1. The molecule has 2 N–H and O–H groups in total. The lowest BCUT2D eigenvalue weighted by atomic mass is 10.0. The molecule has 0 radical (unpaired) electrons. The van der Waals surface area contributed by atoms with Gasteiger partial charge < -0.3 is 10.6 Å². The van der Waals surface area contributed by atoms with Crippen molar-refractivity contribution in [3.63, 3.8) is 0 Å². The molecule has 0 saturated heterocycles. The Morgan fingerprint density at radius 3 is 2.39 bits per heavy atom. The largest absolute Gasteiger partial charge is 0.383 e. The number of rotatable bonds is 7. The van der Waals surface area contributed by atoms with E-state index in [1.54, 1.807) is 0 Å². The van der Waals surface area contributed by atoms with Gasteiger partial charge in [0.15, 0.2) is 0 Å². The second-order valence-corrected chi connectivity index (χ2v) is 5.91. The Balaban J connectivity index is 2.53. The molecule has 0 aliphatic heterocycles. The number of nitrogens with one attached hydrogen (secondary N) is 2. The van der Waals surface area contributed by atoms with Crippen molar-refractivity contribution in [1.82, 2.24) is 5.32 Å². The minimum absolute atomic E-state index is 0.526. The Hall–Kier alpha value is -1.02. The van der Waals surface area contributed by atoms with Gasteiger partial charge in [-0.1, -0.05) is 39.8 Å². The van der Waals surface area contributed by atoms with Crippen LogP contribution in [0.25, 0.3) is 0 Å². The molecular weight excluding hydrogens is 220 g/mol. The van der Waals surface area contributed by atoms with Gasteiger partial charge in [0.25, 0.3) is 0 Å². The molecule has 1 aromatic rings. The summed E-state index contributed by atoms with van der Waals surface area (Å²) >= 11 is 0. The Morgan fingerprint density at radius 1 is 1.06 bits per heavy atom. The average molecular weight is 248 g/mol. The first kappa shape index (κ1) is 15.0. The number of hydrogen-bond donors (Lipinski definition) is 2. The summed E-state index contributed by atoms with van der Waals surface area (Å²) in [7, 11) is 0. The predicted molar refractivity (Wildman–Crippen MR) is 81.0 cm³/mol. The first-order chi connectivity index (χ1) is 8.47. The van der Waals surface area contributed by atoms with E-state index < -0.39 is 0 Å². The maximum absolute atomic E-state index is 3.57. The molecule has 0 heterocycles. The number of anilines is 1. The molecule has 1 rings (SSSR count). The summed E-state index contributed by atoms with van der Waals surface area (Å²) in [6.07, 6.45) is 1.20. The van der Waals surface area contributed by atoms with E-state index in [0.717, 1.165) is 12.5 Å². The summed E-state index contributed by atoms with van der Waals surface area (Å²) in [5.41, 5.74) is 2.57. The van der Waals surface area contributed by atoms with E-state index in [1.807, 2.05) is 0 Å². The van der Waals surface area contributed by atoms with Crippen LogP contribution in [-0.4, -0.2) is 12.1 Å². The van der Waals surface area contributed by atoms with Gasteiger partial charge in [-0.05, 0) is 37.0 Å². The van der Waals surface area contributed by atoms with E-state index in [9.17, 15) is 0 Å². The van der Waals surface area contributed by atoms with Crippen molar-refractivity contribution < 1.29 is 0 Å². The van der Waals surface area contributed by atoms with Crippen molar-refractivity contribution in [2.24, 2.45) is 5.92 Å². The zero-order valence-electron chi connectivity index (χ0n) is 12.5. The molecule has 1 aromatic carbocycles. The molecule has 0 fully saturated rings. The third kappa shape index (κ3) is 6.06. The van der Waals surface area contributed by atoms with Crippen LogP contribution in [0.5, 0.6) is 0 Å². The van der Waals surface area contributed by atoms with Crippen LogP contribution in [0.1, 0.15) is 46.6 Å². The minimum Gasteiger partial charge on any atom is -0.383 e. The molecule has 0 bridgehead atoms. The smallest absolute Gasteiger partial charge is 0.0345 e. The van der Waals surface area contributed by atoms with Crippen LogP contribution >= 0.6 is 0 Å². The third-order valence-electron chi connectivity index (χ3n) is 2.88. The molecule has 1 atom stereocenters. The number of benzene rings is 1. The van der Waals surface area contributed by atoms with Gasteiger partial charge in [-0.2, -0.15) is 0 Å². The van der Waals surface area contributed by atoms with Crippen LogP contribution < -0.4 is 10.6 Å². The SMILES string of the molecule is CC(C)CC(C)Nc1cccc(CNC(C)C)c1. The first-order valence-electron chi connectivity index (χ1n) is 7.06. The predicted octanol–water partition coefficient (Wildman–Crippen LogP) is 4.03. The lowest BCUT2D eigenvalue weighted by molar-refractivity contribution is 0.539. The Kier molecular flexibility index (Phi) is 6.20. The zero-order valence-corrected chi connectivity index (χ0v) is 12.5. The van der Waals surface area contributed by atoms with Gasteiger partial charge in [0, 0.05) is 24.3 Å². The molecule has 0 amide bonds. The van der Waals surface area contributed by atoms with E-state index in [0.29, 0.717) is 12.1 Å². The van der Waals surface area contributed by atoms with E-state index >= 15 is 0 Å². The van der Waals surface area contributed by atoms with Gasteiger partial charge in [0.1, 0.15) is 0 Å². The summed E-state index contributed by atoms with van der Waals surface area (Å²) in [5, 5.41) is 7.02. The maximum atomic E-state index is 3.57. The molecule has 2 heteroatoms. The molecule has 0 spiro atoms. The molecule has 0 aromatic heterocycles. The monoisotopic (exact) mass is 248 g/mol. The molecule has 2 nitrogen and oxygen atoms in total. The highest BCUT2D eigenvalue weighted by molar-refractivity contribution is 5.46. The van der Waals surface area contributed by atoms with Crippen molar-refractivity contribution in [2.45, 2.75) is 59.7 Å². The third-order valence-corrected chi connectivity index (χ3v) is 2.88. The van der Waals surface area contributed by atoms with Gasteiger partial charge in [0.2, 0.25) is 0 Å². The highest BCUT2D eigenvalue weighted by Crippen LogP contribution is 2.14. The van der Waals surface area contributed by atoms with Gasteiger partial charge in [-0.3, -0.25) is 0 Å². The summed E-state index contributed by atoms with van der Waals surface area (Å²) in [6, 6.07) is 9.75. The Labute approximate surface area is 112 Å². The molecule has 0 aliphatic carbocycles. The minimum atomic E-state index is 0.526. The highest BCUT2D eigenvalue weighted by atomic mass is 14.9. The van der Waals surface area contributed by atoms with Crippen molar-refractivity contribution >= 4 is 5.69 Å². The van der Waals surface area contributed by atoms with E-state index in [4.69, 9.17) is 0 Å². The fourth-order valence-corrected chi connectivity index (χ4v) is 2.14. The summed E-state index contributed by atoms with van der Waals surface area (Å²) < 4.78 is 0. The second kappa shape index (κ2) is 7.42. The van der Waals surface area contributed by atoms with E-state index in [2.05, 4.69) is 69.5 Å². The van der Waals surface area contributed by atoms with E-state index in [-0.39, 0.29) is 0 Å². The van der Waals surface area contributed by atoms with Crippen molar-refractivity contribution in [3.05, 3.63) is 29.8 Å². The average Bonchev–Trinajstić information content (AvgIpc) is 2.25. The number of hydrogen-bond acceptors (Lipinski definition) is 2. The first-order valence-corrected chi connectivity index (χ1v) is 7.06. The Bertz CT molecular complexity index is 345. The molecule has 18 heavy (non-hydrogen) atoms. The van der Waals surface area contributed by atoms with Crippen LogP contribution in [-0.2, 0) is 6.54 Å². The molecule has 0 aliphatic rings. The lowest BCUT2D eigenvalue weighted by Crippen LogP contribution is -2.22. The van der Waals surface area contributed by atoms with Crippen LogP contribution in [0.3, 0.4) is 0 Å². The fourth-order valence-electron chi connectivity index (χ4n) is 2.14. The van der Waals surface area contributed by atoms with Gasteiger partial charge >= 0.3 is 0 Å². The van der Waals surface area contributed by atoms with Crippen molar-refractivity contribution in [3.8, 4) is 0 Å². The van der Waals surface area contributed by atoms with Gasteiger partial charge in [-0.25, -0.2) is 0 Å². The molecule has 102 valence electrons. The van der Waals surface area contributed by atoms with Crippen molar-refractivity contribution in [1.29, 1.82) is 0 Å². The standard InChI is InChI=1S/C16H28N2/c1-12(2)9-14(5)18-16-8-6-7-15(10-16)11-17-13(3)4/h6-8,10,12-14,17-18H,9,11H2,1-5H3. The topological polar surface area (TPSA) is 24.1 Å². The maximum Gasteiger partial charge on any atom is 0.0345 e. The molecule has 1 unspecified atom stereocenters. The second-order valence-electron chi connectivity index (χ2n) is 5.91. The highest BCUT2D eigenvalue weighted by Gasteiger charge is 2.05. The van der Waals surface area contributed by atoms with Crippen molar-refractivity contribution in [2.75, 3.05) is 5.32 Å². The van der Waals surface area contributed by atoms with Crippen LogP contribution in [0.15, 0.2) is 24.3 Å². The summed E-state index contributed by atoms with van der Waals surface area (Å²) in [6.45, 7) is 12.1. The summed E-state index contributed by atoms with van der Waals surface area (Å²) in [5.74, 6) is 0.735. The fraction of sp³-hybridized carbons (Fsp3) is 0.625. The zero-order chi connectivity index (χ0) is 13.5. The quantitative estimate of drug-likeness (QED) is 0.761. The molecular formula is C16H28N2. The van der Waals surface area contributed by atoms with Gasteiger partial charge in [-0.15, -0.1) is 0 Å².